The van der Waals surface area contributed by atoms with E-state index >= 15 is 0 Å². The molecule has 210 valence electrons. The van der Waals surface area contributed by atoms with Crippen LogP contribution in [0.2, 0.25) is 0 Å². The molecule has 7 aromatic carbocycles. The summed E-state index contributed by atoms with van der Waals surface area (Å²) >= 11 is 0. The molecule has 1 aromatic heterocycles. The van der Waals surface area contributed by atoms with Gasteiger partial charge in [0.1, 0.15) is 34.7 Å². The third kappa shape index (κ3) is 4.43. The number of para-hydroxylation sites is 1. The van der Waals surface area contributed by atoms with E-state index in [9.17, 15) is 0 Å². The monoisotopic (exact) mass is 580 g/mol. The molecule has 6 radical (unpaired) electrons. The van der Waals surface area contributed by atoms with Gasteiger partial charge in [0.2, 0.25) is 0 Å². The highest BCUT2D eigenvalue weighted by molar-refractivity contribution is 6.50. The predicted octanol–water partition coefficient (Wildman–Crippen LogP) is 6.63. The normalized spacial score (nSPS) is 12.9. The van der Waals surface area contributed by atoms with Crippen LogP contribution in [0.1, 0.15) is 19.4 Å². The standard InChI is InChI=1S/C42H27B3O/c1-3-25-10-7-8-13-29(25)24(2)27-16-19-39-33(20-27)31-14-9-15-32(42(31)46-39)41-30-18-17-28(43)21-34(30)40(26-11-5-4-6-12-26)35-22-37(44)38(45)23-36(35)41/h3-23H,1-2H3/b25-3-,29-24+. The molecular weight excluding hydrogens is 553 g/mol. The van der Waals surface area contributed by atoms with Crippen LogP contribution >= 0.6 is 0 Å². The van der Waals surface area contributed by atoms with E-state index < -0.39 is 0 Å². The van der Waals surface area contributed by atoms with Crippen molar-refractivity contribution in [3.05, 3.63) is 137 Å². The Balaban J connectivity index is 1.47. The second kappa shape index (κ2) is 11.0. The van der Waals surface area contributed by atoms with Gasteiger partial charge in [0.15, 0.2) is 0 Å². The summed E-state index contributed by atoms with van der Waals surface area (Å²) in [4.78, 5) is 0. The molecule has 0 amide bonds. The van der Waals surface area contributed by atoms with Crippen LogP contribution in [0.5, 0.6) is 0 Å². The van der Waals surface area contributed by atoms with E-state index in [1.807, 2.05) is 24.3 Å². The van der Waals surface area contributed by atoms with Gasteiger partial charge in [0.25, 0.3) is 0 Å². The van der Waals surface area contributed by atoms with Gasteiger partial charge in [-0.15, -0.1) is 10.9 Å². The zero-order chi connectivity index (χ0) is 31.5. The molecule has 8 rings (SSSR count). The van der Waals surface area contributed by atoms with Gasteiger partial charge in [0, 0.05) is 21.9 Å². The van der Waals surface area contributed by atoms with E-state index in [2.05, 4.69) is 117 Å². The van der Waals surface area contributed by atoms with Gasteiger partial charge in [-0.2, -0.15) is 0 Å². The van der Waals surface area contributed by atoms with Crippen molar-refractivity contribution in [2.75, 3.05) is 0 Å². The molecule has 0 saturated carbocycles. The van der Waals surface area contributed by atoms with Crippen LogP contribution in [0.4, 0.5) is 0 Å². The molecule has 0 atom stereocenters. The Kier molecular flexibility index (Phi) is 6.76. The summed E-state index contributed by atoms with van der Waals surface area (Å²) in [5, 5.41) is 8.72. The molecule has 0 aliphatic carbocycles. The highest BCUT2D eigenvalue weighted by atomic mass is 16.3. The van der Waals surface area contributed by atoms with Gasteiger partial charge in [0.05, 0.1) is 0 Å². The average molecular weight is 580 g/mol. The van der Waals surface area contributed by atoms with Crippen molar-refractivity contribution in [3.8, 4) is 22.3 Å². The lowest BCUT2D eigenvalue weighted by Gasteiger charge is -2.20. The topological polar surface area (TPSA) is 13.1 Å². The number of fused-ring (bicyclic) bond motifs is 5. The quantitative estimate of drug-likeness (QED) is 0.169. The number of hydrogen-bond donors (Lipinski definition) is 0. The summed E-state index contributed by atoms with van der Waals surface area (Å²) < 4.78 is 6.72. The zero-order valence-electron chi connectivity index (χ0n) is 25.8. The van der Waals surface area contributed by atoms with Crippen LogP contribution in [0.25, 0.3) is 77.4 Å². The van der Waals surface area contributed by atoms with Gasteiger partial charge < -0.3 is 4.42 Å². The van der Waals surface area contributed by atoms with Crippen LogP contribution in [0.3, 0.4) is 0 Å². The Morgan fingerprint density at radius 1 is 0.587 bits per heavy atom. The maximum absolute atomic E-state index is 6.72. The number of furan rings is 1. The fraction of sp³-hybridized carbons (Fsp3) is 0.0476. The molecule has 0 aliphatic heterocycles. The van der Waals surface area contributed by atoms with E-state index in [1.54, 1.807) is 0 Å². The first-order valence-corrected chi connectivity index (χ1v) is 15.5. The molecular formula is C42H27B3O. The van der Waals surface area contributed by atoms with Crippen molar-refractivity contribution in [1.82, 2.24) is 0 Å². The summed E-state index contributed by atoms with van der Waals surface area (Å²) in [6.07, 6.45) is 2.16. The van der Waals surface area contributed by atoms with Crippen LogP contribution in [0, 0.1) is 0 Å². The van der Waals surface area contributed by atoms with Crippen molar-refractivity contribution in [3.63, 3.8) is 0 Å². The van der Waals surface area contributed by atoms with Gasteiger partial charge in [-0.1, -0.05) is 121 Å². The van der Waals surface area contributed by atoms with E-state index in [-0.39, 0.29) is 0 Å². The third-order valence-electron chi connectivity index (χ3n) is 9.28. The Labute approximate surface area is 272 Å². The second-order valence-corrected chi connectivity index (χ2v) is 11.9. The van der Waals surface area contributed by atoms with Crippen molar-refractivity contribution < 1.29 is 4.42 Å². The van der Waals surface area contributed by atoms with Gasteiger partial charge in [-0.05, 0) is 80.2 Å². The first kappa shape index (κ1) is 28.3. The van der Waals surface area contributed by atoms with Crippen LogP contribution in [-0.4, -0.2) is 23.5 Å². The van der Waals surface area contributed by atoms with Crippen LogP contribution in [-0.2, 0) is 0 Å². The molecule has 8 aromatic rings. The smallest absolute Gasteiger partial charge is 0.143 e. The van der Waals surface area contributed by atoms with Gasteiger partial charge in [-0.25, -0.2) is 0 Å². The van der Waals surface area contributed by atoms with Crippen molar-refractivity contribution in [2.24, 2.45) is 0 Å². The highest BCUT2D eigenvalue weighted by Gasteiger charge is 2.21. The SMILES string of the molecule is [B]c1ccc2c(-c3cccc4c3oc3ccc(/C(C)=c5\cccc\c5=C\C)cc34)c3cc([B])c([B])cc3c(-c3ccccc3)c2c1. The van der Waals surface area contributed by atoms with Crippen molar-refractivity contribution >= 4 is 95.1 Å². The van der Waals surface area contributed by atoms with Gasteiger partial charge in [-0.3, -0.25) is 0 Å². The molecule has 1 nitrogen and oxygen atoms in total. The minimum Gasteiger partial charge on any atom is -0.455 e. The molecule has 0 bridgehead atoms. The largest absolute Gasteiger partial charge is 0.455 e. The lowest BCUT2D eigenvalue weighted by Crippen LogP contribution is -2.25. The molecule has 46 heavy (non-hydrogen) atoms. The maximum Gasteiger partial charge on any atom is 0.143 e. The molecule has 0 aliphatic rings. The lowest BCUT2D eigenvalue weighted by molar-refractivity contribution is 0.670. The van der Waals surface area contributed by atoms with E-state index in [1.165, 1.54) is 16.0 Å². The lowest BCUT2D eigenvalue weighted by atomic mass is 9.75. The average Bonchev–Trinajstić information content (AvgIpc) is 3.46. The van der Waals surface area contributed by atoms with Crippen molar-refractivity contribution in [1.29, 1.82) is 0 Å². The molecule has 0 saturated heterocycles. The van der Waals surface area contributed by atoms with Gasteiger partial charge >= 0.3 is 0 Å². The number of hydrogen-bond acceptors (Lipinski definition) is 1. The molecule has 0 N–H and O–H groups in total. The van der Waals surface area contributed by atoms with Crippen LogP contribution < -0.4 is 26.8 Å². The summed E-state index contributed by atoms with van der Waals surface area (Å²) in [5.74, 6) is 0. The number of rotatable bonds is 3. The van der Waals surface area contributed by atoms with E-state index in [0.717, 1.165) is 71.3 Å². The maximum atomic E-state index is 6.72. The first-order valence-electron chi connectivity index (χ1n) is 15.5. The highest BCUT2D eigenvalue weighted by Crippen LogP contribution is 2.46. The molecule has 4 heteroatoms. The Hall–Kier alpha value is -5.21. The summed E-state index contributed by atoms with van der Waals surface area (Å²) in [7, 11) is 19.4. The molecule has 0 spiro atoms. The van der Waals surface area contributed by atoms with Crippen molar-refractivity contribution in [2.45, 2.75) is 13.8 Å². The Morgan fingerprint density at radius 3 is 2.09 bits per heavy atom. The Morgan fingerprint density at radius 2 is 1.30 bits per heavy atom. The van der Waals surface area contributed by atoms with E-state index in [4.69, 9.17) is 28.0 Å². The van der Waals surface area contributed by atoms with Crippen LogP contribution in [0.15, 0.2) is 126 Å². The molecule has 0 unspecified atom stereocenters. The molecule has 0 fully saturated rings. The fourth-order valence-electron chi connectivity index (χ4n) is 7.00. The predicted molar refractivity (Wildman–Crippen MR) is 200 cm³/mol. The first-order chi connectivity index (χ1) is 22.4. The van der Waals surface area contributed by atoms with E-state index in [0.29, 0.717) is 16.4 Å². The summed E-state index contributed by atoms with van der Waals surface area (Å²) in [6.45, 7) is 4.27. The summed E-state index contributed by atoms with van der Waals surface area (Å²) in [5.41, 5.74) is 10.0. The minimum atomic E-state index is 0.541. The number of benzene rings is 7. The zero-order valence-corrected chi connectivity index (χ0v) is 25.8. The molecule has 1 heterocycles. The minimum absolute atomic E-state index is 0.541. The Bertz CT molecular complexity index is 2630. The summed E-state index contributed by atoms with van der Waals surface area (Å²) in [6, 6.07) is 41.9. The fourth-order valence-corrected chi connectivity index (χ4v) is 7.00. The third-order valence-corrected chi connectivity index (χ3v) is 9.28. The second-order valence-electron chi connectivity index (χ2n) is 11.9.